The first kappa shape index (κ1) is 20.1. The van der Waals surface area contributed by atoms with Gasteiger partial charge in [0.15, 0.2) is 0 Å². The highest BCUT2D eigenvalue weighted by atomic mass is 32.2. The van der Waals surface area contributed by atoms with Crippen molar-refractivity contribution in [3.8, 4) is 0 Å². The molecule has 4 rings (SSSR count). The minimum Gasteiger partial charge on any atom is -0.366 e. The van der Waals surface area contributed by atoms with Crippen molar-refractivity contribution in [2.45, 2.75) is 24.6 Å². The molecule has 1 unspecified atom stereocenters. The summed E-state index contributed by atoms with van der Waals surface area (Å²) in [5.74, 6) is -0.654. The van der Waals surface area contributed by atoms with E-state index in [2.05, 4.69) is 10.3 Å². The van der Waals surface area contributed by atoms with Crippen molar-refractivity contribution in [1.29, 1.82) is 0 Å². The fourth-order valence-electron chi connectivity index (χ4n) is 3.55. The van der Waals surface area contributed by atoms with Gasteiger partial charge in [-0.05, 0) is 48.7 Å². The average molecular weight is 401 g/mol. The summed E-state index contributed by atoms with van der Waals surface area (Å²) in [6.07, 6.45) is 3.88. The molecule has 3 aromatic rings. The Kier molecular flexibility index (Phi) is 5.83. The molecule has 1 aromatic heterocycles. The monoisotopic (exact) mass is 401 g/mol. The van der Waals surface area contributed by atoms with Crippen molar-refractivity contribution in [3.63, 3.8) is 0 Å². The lowest BCUT2D eigenvalue weighted by atomic mass is 9.86. The second-order valence-electron chi connectivity index (χ2n) is 6.80. The highest BCUT2D eigenvalue weighted by Gasteiger charge is 2.24. The summed E-state index contributed by atoms with van der Waals surface area (Å²) in [7, 11) is -1.93. The Labute approximate surface area is 163 Å². The summed E-state index contributed by atoms with van der Waals surface area (Å²) >= 11 is 0. The van der Waals surface area contributed by atoms with Gasteiger partial charge in [0.25, 0.3) is 10.1 Å². The van der Waals surface area contributed by atoms with Crippen LogP contribution in [0.1, 0.15) is 27.0 Å². The van der Waals surface area contributed by atoms with Gasteiger partial charge < -0.3 is 16.0 Å². The van der Waals surface area contributed by atoms with E-state index in [-0.39, 0.29) is 11.7 Å². The van der Waals surface area contributed by atoms with E-state index in [4.69, 9.17) is 10.3 Å². The molecule has 0 spiro atoms. The molecule has 8 heteroatoms. The standard InChI is InChI=1S/C13H15N3O.C7H8O3S/c1-15-8-4-7-6-16-11-3-2-9(13(14)17)10(5-8)12(7)11;8-11(9,10)6-7-4-2-1-3-5-7/h2-3,6,8,15-16H,4-5H2,1H3,(H2,14,17);1-5H,6H2,(H,8,9,10). The Balaban J connectivity index is 0.000000178. The van der Waals surface area contributed by atoms with Gasteiger partial charge in [-0.2, -0.15) is 8.42 Å². The molecule has 0 radical (unpaired) electrons. The van der Waals surface area contributed by atoms with Crippen LogP contribution in [0.4, 0.5) is 0 Å². The molecule has 0 fully saturated rings. The van der Waals surface area contributed by atoms with Crippen LogP contribution in [0.5, 0.6) is 0 Å². The molecule has 0 bridgehead atoms. The van der Waals surface area contributed by atoms with Crippen molar-refractivity contribution in [2.75, 3.05) is 7.05 Å². The number of nitrogens with one attached hydrogen (secondary N) is 2. The number of nitrogens with two attached hydrogens (primary N) is 1. The molecular formula is C20H23N3O4S. The summed E-state index contributed by atoms with van der Waals surface area (Å²) in [5.41, 5.74) is 10.1. The fourth-order valence-corrected chi connectivity index (χ4v) is 4.16. The van der Waals surface area contributed by atoms with Gasteiger partial charge in [0, 0.05) is 28.7 Å². The van der Waals surface area contributed by atoms with Crippen LogP contribution in [0.25, 0.3) is 10.9 Å². The molecule has 7 nitrogen and oxygen atoms in total. The first-order valence-corrected chi connectivity index (χ1v) is 10.5. The van der Waals surface area contributed by atoms with Crippen LogP contribution in [0, 0.1) is 0 Å². The molecule has 0 saturated heterocycles. The number of carbonyl (C=O) groups is 1. The molecular weight excluding hydrogens is 378 g/mol. The van der Waals surface area contributed by atoms with E-state index in [9.17, 15) is 13.2 Å². The number of carbonyl (C=O) groups excluding carboxylic acids is 1. The first-order chi connectivity index (χ1) is 13.3. The average Bonchev–Trinajstić information content (AvgIpc) is 3.06. The lowest BCUT2D eigenvalue weighted by Crippen LogP contribution is -2.33. The van der Waals surface area contributed by atoms with Gasteiger partial charge in [0.2, 0.25) is 5.91 Å². The Morgan fingerprint density at radius 1 is 1.21 bits per heavy atom. The van der Waals surface area contributed by atoms with Crippen LogP contribution >= 0.6 is 0 Å². The topological polar surface area (TPSA) is 125 Å². The second kappa shape index (κ2) is 8.14. The van der Waals surface area contributed by atoms with Gasteiger partial charge in [0.1, 0.15) is 5.75 Å². The van der Waals surface area contributed by atoms with E-state index in [1.165, 1.54) is 10.9 Å². The number of primary amides is 1. The van der Waals surface area contributed by atoms with Crippen molar-refractivity contribution < 1.29 is 17.8 Å². The number of H-pyrrole nitrogens is 1. The SMILES string of the molecule is CNC1Cc2c[nH]c3ccc(C(N)=O)c(c23)C1.O=S(=O)(O)Cc1ccccc1. The van der Waals surface area contributed by atoms with Crippen LogP contribution in [0.2, 0.25) is 0 Å². The highest BCUT2D eigenvalue weighted by molar-refractivity contribution is 7.85. The summed E-state index contributed by atoms with van der Waals surface area (Å²) in [5, 5.41) is 4.47. The Bertz CT molecular complexity index is 1090. The molecule has 148 valence electrons. The van der Waals surface area contributed by atoms with Gasteiger partial charge in [0.05, 0.1) is 0 Å². The van der Waals surface area contributed by atoms with Crippen LogP contribution in [-0.4, -0.2) is 37.0 Å². The fraction of sp³-hybridized carbons (Fsp3) is 0.250. The van der Waals surface area contributed by atoms with E-state index in [0.29, 0.717) is 17.2 Å². The predicted octanol–water partition coefficient (Wildman–Crippen LogP) is 2.03. The zero-order valence-electron chi connectivity index (χ0n) is 15.5. The third-order valence-electron chi connectivity index (χ3n) is 4.82. The number of aromatic amines is 1. The number of benzene rings is 2. The minimum absolute atomic E-state index is 0.312. The molecule has 5 N–H and O–H groups in total. The molecule has 1 amide bonds. The van der Waals surface area contributed by atoms with E-state index in [1.807, 2.05) is 25.4 Å². The van der Waals surface area contributed by atoms with Gasteiger partial charge in [-0.15, -0.1) is 0 Å². The predicted molar refractivity (Wildman–Crippen MR) is 109 cm³/mol. The van der Waals surface area contributed by atoms with Crippen LogP contribution in [0.3, 0.4) is 0 Å². The highest BCUT2D eigenvalue weighted by Crippen LogP contribution is 2.31. The van der Waals surface area contributed by atoms with Crippen LogP contribution < -0.4 is 11.1 Å². The quantitative estimate of drug-likeness (QED) is 0.498. The smallest absolute Gasteiger partial charge is 0.269 e. The molecule has 1 aliphatic carbocycles. The Morgan fingerprint density at radius 3 is 2.54 bits per heavy atom. The van der Waals surface area contributed by atoms with Gasteiger partial charge in [-0.1, -0.05) is 30.3 Å². The number of likely N-dealkylation sites (N-methyl/N-ethyl adjacent to an activating group) is 1. The lowest BCUT2D eigenvalue weighted by Gasteiger charge is -2.23. The van der Waals surface area contributed by atoms with E-state index >= 15 is 0 Å². The van der Waals surface area contributed by atoms with E-state index < -0.39 is 10.1 Å². The Morgan fingerprint density at radius 2 is 1.93 bits per heavy atom. The maximum Gasteiger partial charge on any atom is 0.269 e. The molecule has 1 heterocycles. The van der Waals surface area contributed by atoms with Crippen molar-refractivity contribution in [3.05, 3.63) is 70.9 Å². The maximum absolute atomic E-state index is 11.5. The van der Waals surface area contributed by atoms with Gasteiger partial charge in [-0.3, -0.25) is 9.35 Å². The largest absolute Gasteiger partial charge is 0.366 e. The molecule has 1 aliphatic rings. The minimum atomic E-state index is -3.88. The summed E-state index contributed by atoms with van der Waals surface area (Å²) in [6, 6.07) is 12.7. The van der Waals surface area contributed by atoms with Crippen LogP contribution in [-0.2, 0) is 28.7 Å². The molecule has 0 aliphatic heterocycles. The third kappa shape index (κ3) is 4.59. The van der Waals surface area contributed by atoms with Crippen molar-refractivity contribution >= 4 is 26.9 Å². The number of hydrogen-bond donors (Lipinski definition) is 4. The number of amides is 1. The van der Waals surface area contributed by atoms with Gasteiger partial charge >= 0.3 is 0 Å². The maximum atomic E-state index is 11.5. The lowest BCUT2D eigenvalue weighted by molar-refractivity contribution is 0.0999. The molecule has 0 saturated carbocycles. The molecule has 28 heavy (non-hydrogen) atoms. The summed E-state index contributed by atoms with van der Waals surface area (Å²) in [6.45, 7) is 0. The third-order valence-corrected chi connectivity index (χ3v) is 5.52. The zero-order valence-corrected chi connectivity index (χ0v) is 16.3. The number of rotatable bonds is 4. The van der Waals surface area contributed by atoms with Crippen molar-refractivity contribution in [2.24, 2.45) is 5.73 Å². The van der Waals surface area contributed by atoms with E-state index in [0.717, 1.165) is 23.9 Å². The number of aromatic nitrogens is 1. The second-order valence-corrected chi connectivity index (χ2v) is 8.25. The van der Waals surface area contributed by atoms with Crippen LogP contribution in [0.15, 0.2) is 48.7 Å². The molecule has 2 aromatic carbocycles. The zero-order chi connectivity index (χ0) is 20.3. The van der Waals surface area contributed by atoms with Crippen molar-refractivity contribution in [1.82, 2.24) is 10.3 Å². The number of hydrogen-bond acceptors (Lipinski definition) is 4. The van der Waals surface area contributed by atoms with Gasteiger partial charge in [-0.25, -0.2) is 0 Å². The summed E-state index contributed by atoms with van der Waals surface area (Å²) in [4.78, 5) is 14.7. The normalized spacial score (nSPS) is 15.7. The summed E-state index contributed by atoms with van der Waals surface area (Å²) < 4.78 is 29.2. The van der Waals surface area contributed by atoms with E-state index in [1.54, 1.807) is 30.3 Å². The first-order valence-electron chi connectivity index (χ1n) is 8.86. The Hall–Kier alpha value is -2.68. The molecule has 1 atom stereocenters.